The molecule has 0 unspecified atom stereocenters. The summed E-state index contributed by atoms with van der Waals surface area (Å²) in [7, 11) is 0. The summed E-state index contributed by atoms with van der Waals surface area (Å²) in [6, 6.07) is 7.98. The summed E-state index contributed by atoms with van der Waals surface area (Å²) >= 11 is 1.74. The first-order valence-corrected chi connectivity index (χ1v) is 11.8. The number of thiophene rings is 1. The third kappa shape index (κ3) is 4.08. The van der Waals surface area contributed by atoms with E-state index in [2.05, 4.69) is 59.0 Å². The van der Waals surface area contributed by atoms with Crippen LogP contribution in [0.5, 0.6) is 0 Å². The Balaban J connectivity index is 1.29. The molecule has 2 aliphatic heterocycles. The maximum Gasteiger partial charge on any atom is 0.294 e. The van der Waals surface area contributed by atoms with Gasteiger partial charge in [-0.15, -0.1) is 11.3 Å². The molecule has 7 nitrogen and oxygen atoms in total. The molecule has 1 atom stereocenters. The fourth-order valence-corrected chi connectivity index (χ4v) is 5.78. The van der Waals surface area contributed by atoms with Crippen molar-refractivity contribution < 1.29 is 4.79 Å². The van der Waals surface area contributed by atoms with Gasteiger partial charge in [-0.3, -0.25) is 14.2 Å². The predicted molar refractivity (Wildman–Crippen MR) is 126 cm³/mol. The summed E-state index contributed by atoms with van der Waals surface area (Å²) in [6.07, 6.45) is 3.01. The van der Waals surface area contributed by atoms with Gasteiger partial charge in [0.15, 0.2) is 5.82 Å². The Morgan fingerprint density at radius 1 is 1.19 bits per heavy atom. The lowest BCUT2D eigenvalue weighted by atomic mass is 10.1. The van der Waals surface area contributed by atoms with Crippen LogP contribution in [0.15, 0.2) is 35.3 Å². The number of benzene rings is 1. The first kappa shape index (κ1) is 20.9. The van der Waals surface area contributed by atoms with Crippen molar-refractivity contribution in [3.8, 4) is 0 Å². The summed E-state index contributed by atoms with van der Waals surface area (Å²) in [5.41, 5.74) is 5.38. The van der Waals surface area contributed by atoms with Gasteiger partial charge < -0.3 is 16.0 Å². The minimum atomic E-state index is -0.490. The SMILES string of the molecule is Cc1cc(C)cc(CNc2ncc3n(c2=O)[C@H](C(=O)NCc2cc4c(s2)CNC4)CC3)c1. The zero-order valence-electron chi connectivity index (χ0n) is 18.3. The van der Waals surface area contributed by atoms with Crippen molar-refractivity contribution in [2.45, 2.75) is 58.9 Å². The van der Waals surface area contributed by atoms with Crippen LogP contribution in [0.25, 0.3) is 0 Å². The van der Waals surface area contributed by atoms with Gasteiger partial charge in [-0.1, -0.05) is 29.3 Å². The molecule has 0 fully saturated rings. The molecule has 8 heteroatoms. The number of hydrogen-bond acceptors (Lipinski definition) is 6. The molecule has 1 amide bonds. The van der Waals surface area contributed by atoms with E-state index in [1.165, 1.54) is 21.6 Å². The largest absolute Gasteiger partial charge is 0.361 e. The maximum absolute atomic E-state index is 13.2. The van der Waals surface area contributed by atoms with Crippen molar-refractivity contribution in [2.75, 3.05) is 5.32 Å². The molecule has 5 rings (SSSR count). The van der Waals surface area contributed by atoms with Crippen molar-refractivity contribution in [2.24, 2.45) is 0 Å². The van der Waals surface area contributed by atoms with E-state index in [0.717, 1.165) is 29.2 Å². The number of nitrogens with one attached hydrogen (secondary N) is 3. The highest BCUT2D eigenvalue weighted by atomic mass is 32.1. The molecule has 0 saturated heterocycles. The summed E-state index contributed by atoms with van der Waals surface area (Å²) in [5, 5.41) is 9.54. The van der Waals surface area contributed by atoms with Crippen molar-refractivity contribution >= 4 is 23.1 Å². The zero-order valence-corrected chi connectivity index (χ0v) is 19.1. The Kier molecular flexibility index (Phi) is 5.57. The number of nitrogens with zero attached hydrogens (tertiary/aromatic N) is 2. The van der Waals surface area contributed by atoms with E-state index in [1.807, 2.05) is 0 Å². The normalized spacial score (nSPS) is 16.6. The number of aryl methyl sites for hydroxylation is 3. The summed E-state index contributed by atoms with van der Waals surface area (Å²) in [6.45, 7) is 6.94. The first-order chi connectivity index (χ1) is 15.5. The topological polar surface area (TPSA) is 88.0 Å². The summed E-state index contributed by atoms with van der Waals surface area (Å²) < 4.78 is 1.62. The Bertz CT molecular complexity index is 1200. The van der Waals surface area contributed by atoms with Crippen LogP contribution in [0.2, 0.25) is 0 Å². The van der Waals surface area contributed by atoms with Crippen molar-refractivity contribution in [3.05, 3.63) is 78.5 Å². The molecular weight excluding hydrogens is 422 g/mol. The fraction of sp³-hybridized carbons (Fsp3) is 0.375. The average Bonchev–Trinajstić information content (AvgIpc) is 3.45. The number of anilines is 1. The highest BCUT2D eigenvalue weighted by molar-refractivity contribution is 7.12. The van der Waals surface area contributed by atoms with E-state index >= 15 is 0 Å². The Labute approximate surface area is 190 Å². The molecule has 0 radical (unpaired) electrons. The van der Waals surface area contributed by atoms with Crippen LogP contribution in [0.3, 0.4) is 0 Å². The number of fused-ring (bicyclic) bond motifs is 2. The second-order valence-corrected chi connectivity index (χ2v) is 9.88. The van der Waals surface area contributed by atoms with Gasteiger partial charge in [-0.05, 0) is 43.9 Å². The molecule has 0 aliphatic carbocycles. The van der Waals surface area contributed by atoms with Gasteiger partial charge in [0.05, 0.1) is 6.54 Å². The summed E-state index contributed by atoms with van der Waals surface area (Å²) in [5.74, 6) is 0.179. The highest BCUT2D eigenvalue weighted by Gasteiger charge is 2.30. The lowest BCUT2D eigenvalue weighted by Crippen LogP contribution is -2.36. The van der Waals surface area contributed by atoms with Gasteiger partial charge in [0.2, 0.25) is 5.91 Å². The van der Waals surface area contributed by atoms with Crippen LogP contribution in [-0.4, -0.2) is 15.5 Å². The number of rotatable bonds is 6. The number of aromatic nitrogens is 2. The molecule has 2 aromatic heterocycles. The van der Waals surface area contributed by atoms with Crippen LogP contribution >= 0.6 is 11.3 Å². The number of carbonyl (C=O) groups excluding carboxylic acids is 1. The van der Waals surface area contributed by atoms with Gasteiger partial charge in [0, 0.05) is 41.3 Å². The summed E-state index contributed by atoms with van der Waals surface area (Å²) in [4.78, 5) is 33.0. The monoisotopic (exact) mass is 449 g/mol. The third-order valence-electron chi connectivity index (χ3n) is 6.09. The quantitative estimate of drug-likeness (QED) is 0.539. The van der Waals surface area contributed by atoms with Crippen LogP contribution in [-0.2, 0) is 37.4 Å². The van der Waals surface area contributed by atoms with E-state index in [-0.39, 0.29) is 17.3 Å². The molecule has 1 aromatic carbocycles. The van der Waals surface area contributed by atoms with Gasteiger partial charge in [-0.25, -0.2) is 4.98 Å². The second-order valence-electron chi connectivity index (χ2n) is 8.66. The van der Waals surface area contributed by atoms with E-state index < -0.39 is 6.04 Å². The molecule has 4 heterocycles. The Morgan fingerprint density at radius 2 is 2.00 bits per heavy atom. The third-order valence-corrected chi connectivity index (χ3v) is 7.27. The molecule has 166 valence electrons. The molecule has 3 aromatic rings. The molecule has 0 spiro atoms. The van der Waals surface area contributed by atoms with E-state index in [4.69, 9.17) is 0 Å². The van der Waals surface area contributed by atoms with Crippen molar-refractivity contribution in [1.29, 1.82) is 0 Å². The first-order valence-electron chi connectivity index (χ1n) is 11.0. The maximum atomic E-state index is 13.2. The molecule has 0 bridgehead atoms. The molecule has 3 N–H and O–H groups in total. The average molecular weight is 450 g/mol. The molecule has 32 heavy (non-hydrogen) atoms. The minimum Gasteiger partial charge on any atom is -0.361 e. The molecular formula is C24H27N5O2S. The van der Waals surface area contributed by atoms with Crippen LogP contribution in [0.1, 0.15) is 50.2 Å². The van der Waals surface area contributed by atoms with Gasteiger partial charge in [-0.2, -0.15) is 0 Å². The smallest absolute Gasteiger partial charge is 0.294 e. The lowest BCUT2D eigenvalue weighted by Gasteiger charge is -2.16. The van der Waals surface area contributed by atoms with Crippen LogP contribution < -0.4 is 21.5 Å². The highest BCUT2D eigenvalue weighted by Crippen LogP contribution is 2.27. The number of hydrogen-bond donors (Lipinski definition) is 3. The standard InChI is InChI=1S/C24H27N5O2S/c1-14-5-15(2)7-16(6-14)9-26-22-24(31)29-18(11-27-22)3-4-20(29)23(30)28-12-19-8-17-10-25-13-21(17)32-19/h5-8,11,20,25H,3-4,9-10,12-13H2,1-2H3,(H,26,27)(H,28,30)/t20-/m0/s1. The Morgan fingerprint density at radius 3 is 2.78 bits per heavy atom. The minimum absolute atomic E-state index is 0.107. The van der Waals surface area contributed by atoms with Gasteiger partial charge in [0.1, 0.15) is 6.04 Å². The molecule has 2 aliphatic rings. The number of amides is 1. The van der Waals surface area contributed by atoms with Crippen molar-refractivity contribution in [3.63, 3.8) is 0 Å². The lowest BCUT2D eigenvalue weighted by molar-refractivity contribution is -0.124. The number of carbonyl (C=O) groups is 1. The van der Waals surface area contributed by atoms with Gasteiger partial charge in [0.25, 0.3) is 5.56 Å². The predicted octanol–water partition coefficient (Wildman–Crippen LogP) is 2.94. The van der Waals surface area contributed by atoms with Crippen LogP contribution in [0.4, 0.5) is 5.82 Å². The Hall–Kier alpha value is -2.97. The molecule has 0 saturated carbocycles. The van der Waals surface area contributed by atoms with E-state index in [1.54, 1.807) is 22.1 Å². The fourth-order valence-electron chi connectivity index (χ4n) is 4.69. The second kappa shape index (κ2) is 8.52. The van der Waals surface area contributed by atoms with Crippen molar-refractivity contribution in [1.82, 2.24) is 20.2 Å². The van der Waals surface area contributed by atoms with E-state index in [9.17, 15) is 9.59 Å². The van der Waals surface area contributed by atoms with Gasteiger partial charge >= 0.3 is 0 Å². The zero-order chi connectivity index (χ0) is 22.2. The van der Waals surface area contributed by atoms with E-state index in [0.29, 0.717) is 25.9 Å². The van der Waals surface area contributed by atoms with Crippen LogP contribution in [0, 0.1) is 13.8 Å².